The molecule has 108 valence electrons. The molecular formula is C18H16N4. The summed E-state index contributed by atoms with van der Waals surface area (Å²) in [5.74, 6) is 0.926. The van der Waals surface area contributed by atoms with Crippen LogP contribution in [0.25, 0.3) is 17.5 Å². The van der Waals surface area contributed by atoms with Crippen LogP contribution in [0.4, 0.5) is 0 Å². The Labute approximate surface area is 129 Å². The Morgan fingerprint density at radius 1 is 1.05 bits per heavy atom. The van der Waals surface area contributed by atoms with Crippen LogP contribution < -0.4 is 0 Å². The Morgan fingerprint density at radius 2 is 1.91 bits per heavy atom. The van der Waals surface area contributed by atoms with Gasteiger partial charge in [0, 0.05) is 18.0 Å². The Bertz CT molecular complexity index is 790. The van der Waals surface area contributed by atoms with Crippen LogP contribution in [-0.4, -0.2) is 19.9 Å². The molecule has 1 N–H and O–H groups in total. The average Bonchev–Trinajstić information content (AvgIpc) is 3.00. The number of imidazole rings is 1. The van der Waals surface area contributed by atoms with Crippen molar-refractivity contribution < 1.29 is 0 Å². The van der Waals surface area contributed by atoms with Crippen molar-refractivity contribution in [2.24, 2.45) is 0 Å². The number of aromatic amines is 1. The lowest BCUT2D eigenvalue weighted by molar-refractivity contribution is 0.351. The lowest BCUT2D eigenvalue weighted by Gasteiger charge is -2.22. The van der Waals surface area contributed by atoms with Gasteiger partial charge < -0.3 is 9.88 Å². The van der Waals surface area contributed by atoms with Gasteiger partial charge in [0.15, 0.2) is 0 Å². The average molecular weight is 288 g/mol. The maximum absolute atomic E-state index is 4.74. The van der Waals surface area contributed by atoms with Gasteiger partial charge >= 0.3 is 0 Å². The number of nitrogens with zero attached hydrogens (tertiary/aromatic N) is 3. The van der Waals surface area contributed by atoms with E-state index in [1.165, 1.54) is 0 Å². The minimum Gasteiger partial charge on any atom is -0.366 e. The van der Waals surface area contributed by atoms with Crippen LogP contribution in [-0.2, 0) is 13.1 Å². The molecular weight excluding hydrogens is 272 g/mol. The standard InChI is InChI=1S/C18H16N4/c1-2-6-14(7-3-1)18-20-16-9-11-22(13-17(16)21-18)12-15-8-4-5-10-19-15/h1-11H,12-13H2,(H,20,21). The largest absolute Gasteiger partial charge is 0.366 e. The first-order chi connectivity index (χ1) is 10.9. The minimum atomic E-state index is 0.796. The summed E-state index contributed by atoms with van der Waals surface area (Å²) in [4.78, 5) is 14.7. The van der Waals surface area contributed by atoms with Crippen molar-refractivity contribution >= 4 is 6.08 Å². The van der Waals surface area contributed by atoms with E-state index in [1.54, 1.807) is 0 Å². The first-order valence-corrected chi connectivity index (χ1v) is 7.35. The number of nitrogens with one attached hydrogen (secondary N) is 1. The number of pyridine rings is 1. The van der Waals surface area contributed by atoms with Crippen molar-refractivity contribution in [3.05, 3.63) is 78.0 Å². The third kappa shape index (κ3) is 2.51. The molecule has 2 aromatic heterocycles. The van der Waals surface area contributed by atoms with E-state index in [4.69, 9.17) is 4.98 Å². The maximum atomic E-state index is 4.74. The summed E-state index contributed by atoms with van der Waals surface area (Å²) in [6, 6.07) is 16.2. The van der Waals surface area contributed by atoms with Crippen LogP contribution in [0.15, 0.2) is 60.9 Å². The highest BCUT2D eigenvalue weighted by Crippen LogP contribution is 2.23. The van der Waals surface area contributed by atoms with Gasteiger partial charge in [0.2, 0.25) is 0 Å². The predicted molar refractivity (Wildman–Crippen MR) is 86.5 cm³/mol. The van der Waals surface area contributed by atoms with E-state index in [2.05, 4.69) is 39.3 Å². The maximum Gasteiger partial charge on any atom is 0.138 e. The van der Waals surface area contributed by atoms with E-state index in [9.17, 15) is 0 Å². The molecule has 4 heteroatoms. The zero-order chi connectivity index (χ0) is 14.8. The number of benzene rings is 1. The number of aromatic nitrogens is 3. The highest BCUT2D eigenvalue weighted by atomic mass is 15.1. The lowest BCUT2D eigenvalue weighted by atomic mass is 10.2. The molecule has 0 unspecified atom stereocenters. The molecule has 0 spiro atoms. The first kappa shape index (κ1) is 12.8. The van der Waals surface area contributed by atoms with Gasteiger partial charge in [-0.05, 0) is 18.2 Å². The second-order valence-corrected chi connectivity index (χ2v) is 5.35. The summed E-state index contributed by atoms with van der Waals surface area (Å²) in [6.45, 7) is 1.59. The summed E-state index contributed by atoms with van der Waals surface area (Å²) in [6.07, 6.45) is 6.02. The van der Waals surface area contributed by atoms with Gasteiger partial charge in [-0.2, -0.15) is 0 Å². The molecule has 0 saturated carbocycles. The minimum absolute atomic E-state index is 0.796. The van der Waals surface area contributed by atoms with Crippen molar-refractivity contribution in [3.63, 3.8) is 0 Å². The second-order valence-electron chi connectivity index (χ2n) is 5.35. The molecule has 4 nitrogen and oxygen atoms in total. The van der Waals surface area contributed by atoms with E-state index in [0.29, 0.717) is 0 Å². The van der Waals surface area contributed by atoms with Crippen LogP contribution in [0, 0.1) is 0 Å². The topological polar surface area (TPSA) is 44.8 Å². The fraction of sp³-hybridized carbons (Fsp3) is 0.111. The van der Waals surface area contributed by atoms with Gasteiger partial charge in [-0.15, -0.1) is 0 Å². The van der Waals surface area contributed by atoms with Crippen molar-refractivity contribution in [3.8, 4) is 11.4 Å². The highest BCUT2D eigenvalue weighted by Gasteiger charge is 2.16. The predicted octanol–water partition coefficient (Wildman–Crippen LogP) is 3.46. The number of hydrogen-bond acceptors (Lipinski definition) is 3. The lowest BCUT2D eigenvalue weighted by Crippen LogP contribution is -2.20. The first-order valence-electron chi connectivity index (χ1n) is 7.35. The van der Waals surface area contributed by atoms with E-state index in [1.807, 2.05) is 42.6 Å². The van der Waals surface area contributed by atoms with Gasteiger partial charge in [-0.3, -0.25) is 4.98 Å². The fourth-order valence-electron chi connectivity index (χ4n) is 2.65. The zero-order valence-corrected chi connectivity index (χ0v) is 12.1. The van der Waals surface area contributed by atoms with Crippen LogP contribution in [0.5, 0.6) is 0 Å². The molecule has 0 fully saturated rings. The van der Waals surface area contributed by atoms with E-state index >= 15 is 0 Å². The van der Waals surface area contributed by atoms with Crippen molar-refractivity contribution in [1.29, 1.82) is 0 Å². The summed E-state index contributed by atoms with van der Waals surface area (Å²) in [7, 11) is 0. The normalized spacial score (nSPS) is 13.2. The van der Waals surface area contributed by atoms with E-state index in [0.717, 1.165) is 41.6 Å². The molecule has 0 radical (unpaired) electrons. The van der Waals surface area contributed by atoms with Gasteiger partial charge in [0.25, 0.3) is 0 Å². The molecule has 0 saturated heterocycles. The Kier molecular flexibility index (Phi) is 3.20. The summed E-state index contributed by atoms with van der Waals surface area (Å²) < 4.78 is 0. The van der Waals surface area contributed by atoms with Crippen molar-refractivity contribution in [1.82, 2.24) is 19.9 Å². The smallest absolute Gasteiger partial charge is 0.138 e. The molecule has 1 aromatic carbocycles. The van der Waals surface area contributed by atoms with Gasteiger partial charge in [0.05, 0.1) is 30.2 Å². The van der Waals surface area contributed by atoms with Crippen LogP contribution in [0.1, 0.15) is 17.1 Å². The molecule has 0 bridgehead atoms. The number of rotatable bonds is 3. The number of H-pyrrole nitrogens is 1. The SMILES string of the molecule is C1=CN(Cc2ccccn2)Cc2nc(-c3ccccc3)[nH]c21. The molecule has 22 heavy (non-hydrogen) atoms. The van der Waals surface area contributed by atoms with Gasteiger partial charge in [-0.25, -0.2) is 4.98 Å². The van der Waals surface area contributed by atoms with Crippen LogP contribution >= 0.6 is 0 Å². The second kappa shape index (κ2) is 5.48. The number of fused-ring (bicyclic) bond motifs is 1. The van der Waals surface area contributed by atoms with Gasteiger partial charge in [-0.1, -0.05) is 36.4 Å². The molecule has 1 aliphatic heterocycles. The highest BCUT2D eigenvalue weighted by molar-refractivity contribution is 5.60. The molecule has 1 aliphatic rings. The van der Waals surface area contributed by atoms with E-state index in [-0.39, 0.29) is 0 Å². The van der Waals surface area contributed by atoms with Crippen LogP contribution in [0.2, 0.25) is 0 Å². The molecule has 0 atom stereocenters. The summed E-state index contributed by atoms with van der Waals surface area (Å²) >= 11 is 0. The van der Waals surface area contributed by atoms with Crippen molar-refractivity contribution in [2.45, 2.75) is 13.1 Å². The monoisotopic (exact) mass is 288 g/mol. The van der Waals surface area contributed by atoms with Crippen LogP contribution in [0.3, 0.4) is 0 Å². The summed E-state index contributed by atoms with van der Waals surface area (Å²) in [5.41, 5.74) is 4.35. The van der Waals surface area contributed by atoms with Crippen molar-refractivity contribution in [2.75, 3.05) is 0 Å². The Balaban J connectivity index is 1.55. The zero-order valence-electron chi connectivity index (χ0n) is 12.1. The molecule has 0 aliphatic carbocycles. The summed E-state index contributed by atoms with van der Waals surface area (Å²) in [5, 5.41) is 0. The molecule has 3 heterocycles. The Hall–Kier alpha value is -2.88. The third-order valence-electron chi connectivity index (χ3n) is 3.75. The molecule has 4 rings (SSSR count). The fourth-order valence-corrected chi connectivity index (χ4v) is 2.65. The van der Waals surface area contributed by atoms with E-state index < -0.39 is 0 Å². The van der Waals surface area contributed by atoms with Gasteiger partial charge in [0.1, 0.15) is 5.82 Å². The third-order valence-corrected chi connectivity index (χ3v) is 3.75. The Morgan fingerprint density at radius 3 is 2.73 bits per heavy atom. The quantitative estimate of drug-likeness (QED) is 0.802. The molecule has 0 amide bonds. The molecule has 3 aromatic rings. The number of hydrogen-bond donors (Lipinski definition) is 1.